The molecular weight excluding hydrogens is 468 g/mol. The van der Waals surface area contributed by atoms with Crippen LogP contribution >= 0.6 is 0 Å². The van der Waals surface area contributed by atoms with Crippen LogP contribution in [0, 0.1) is 0 Å². The number of carbonyl (C=O) groups is 2. The lowest BCUT2D eigenvalue weighted by Crippen LogP contribution is -2.42. The second-order valence-corrected chi connectivity index (χ2v) is 11.3. The first-order valence-corrected chi connectivity index (χ1v) is 13.1. The summed E-state index contributed by atoms with van der Waals surface area (Å²) in [7, 11) is 0. The third-order valence-electron chi connectivity index (χ3n) is 7.56. The monoisotopic (exact) mass is 504 g/mol. The first kappa shape index (κ1) is 25.5. The fourth-order valence-corrected chi connectivity index (χ4v) is 5.42. The number of benzene rings is 2. The van der Waals surface area contributed by atoms with Gasteiger partial charge in [-0.15, -0.1) is 0 Å². The minimum Gasteiger partial charge on any atom is -0.507 e. The molecule has 196 valence electrons. The Labute approximate surface area is 218 Å². The number of nitrogens with zero attached hydrogens (tertiary/aromatic N) is 2. The third kappa shape index (κ3) is 5.03. The van der Waals surface area contributed by atoms with E-state index in [0.29, 0.717) is 31.9 Å². The highest BCUT2D eigenvalue weighted by Gasteiger charge is 2.46. The van der Waals surface area contributed by atoms with Crippen LogP contribution in [0.15, 0.2) is 48.0 Å². The van der Waals surface area contributed by atoms with Crippen LogP contribution in [0.2, 0.25) is 0 Å². The summed E-state index contributed by atoms with van der Waals surface area (Å²) < 4.78 is 11.2. The zero-order chi connectivity index (χ0) is 26.3. The second-order valence-electron chi connectivity index (χ2n) is 11.3. The lowest BCUT2D eigenvalue weighted by atomic mass is 9.85. The number of carbonyl (C=O) groups excluding carboxylic acids is 2. The maximum Gasteiger partial charge on any atom is 0.295 e. The zero-order valence-corrected chi connectivity index (χ0v) is 22.1. The number of hydrogen-bond acceptors (Lipinski definition) is 6. The number of morpholine rings is 1. The van der Waals surface area contributed by atoms with Gasteiger partial charge in [-0.25, -0.2) is 0 Å². The number of rotatable bonds is 5. The van der Waals surface area contributed by atoms with Gasteiger partial charge in [0.05, 0.1) is 24.8 Å². The molecule has 3 heterocycles. The number of Topliss-reactive ketones (excluding diaryl/α,β-unsaturated/α-hetero) is 1. The molecule has 5 rings (SSSR count). The van der Waals surface area contributed by atoms with Crippen LogP contribution in [0.1, 0.15) is 56.0 Å². The van der Waals surface area contributed by atoms with Crippen LogP contribution in [-0.2, 0) is 26.2 Å². The van der Waals surface area contributed by atoms with E-state index in [4.69, 9.17) is 9.47 Å². The van der Waals surface area contributed by atoms with Crippen molar-refractivity contribution >= 4 is 17.4 Å². The minimum atomic E-state index is -0.654. The van der Waals surface area contributed by atoms with E-state index < -0.39 is 17.7 Å². The van der Waals surface area contributed by atoms with Crippen molar-refractivity contribution in [3.63, 3.8) is 0 Å². The van der Waals surface area contributed by atoms with E-state index in [1.165, 1.54) is 0 Å². The molecule has 7 nitrogen and oxygen atoms in total. The van der Waals surface area contributed by atoms with Gasteiger partial charge in [0.15, 0.2) is 0 Å². The van der Waals surface area contributed by atoms with Gasteiger partial charge < -0.3 is 19.5 Å². The van der Waals surface area contributed by atoms with Gasteiger partial charge in [0, 0.05) is 38.2 Å². The summed E-state index contributed by atoms with van der Waals surface area (Å²) in [5.41, 5.74) is 3.61. The van der Waals surface area contributed by atoms with Crippen LogP contribution in [0.25, 0.3) is 5.76 Å². The summed E-state index contributed by atoms with van der Waals surface area (Å²) in [6.07, 6.45) is 0.807. The summed E-state index contributed by atoms with van der Waals surface area (Å²) in [5, 5.41) is 11.5. The topological polar surface area (TPSA) is 79.3 Å². The highest BCUT2D eigenvalue weighted by molar-refractivity contribution is 6.46. The largest absolute Gasteiger partial charge is 0.507 e. The van der Waals surface area contributed by atoms with Gasteiger partial charge in [0.1, 0.15) is 17.6 Å². The molecule has 2 aromatic carbocycles. The van der Waals surface area contributed by atoms with E-state index in [0.717, 1.165) is 42.0 Å². The molecule has 0 radical (unpaired) electrons. The number of hydrogen-bond donors (Lipinski definition) is 1. The van der Waals surface area contributed by atoms with E-state index >= 15 is 0 Å². The predicted octanol–water partition coefficient (Wildman–Crippen LogP) is 4.06. The minimum absolute atomic E-state index is 0.0275. The summed E-state index contributed by atoms with van der Waals surface area (Å²) in [5.74, 6) is -0.559. The molecule has 2 saturated heterocycles. The van der Waals surface area contributed by atoms with Crippen LogP contribution in [0.3, 0.4) is 0 Å². The number of fused-ring (bicyclic) bond motifs is 1. The van der Waals surface area contributed by atoms with Crippen molar-refractivity contribution in [3.8, 4) is 5.75 Å². The maximum atomic E-state index is 13.4. The van der Waals surface area contributed by atoms with Gasteiger partial charge >= 0.3 is 0 Å². The maximum absolute atomic E-state index is 13.4. The Morgan fingerprint density at radius 1 is 1.03 bits per heavy atom. The Bertz CT molecular complexity index is 1220. The van der Waals surface area contributed by atoms with Gasteiger partial charge in [0.2, 0.25) is 0 Å². The Hall–Kier alpha value is -3.16. The first-order chi connectivity index (χ1) is 17.6. The van der Waals surface area contributed by atoms with Crippen LogP contribution in [0.5, 0.6) is 5.75 Å². The van der Waals surface area contributed by atoms with Crippen LogP contribution in [0.4, 0.5) is 0 Å². The number of ketones is 1. The molecule has 3 aliphatic rings. The molecule has 1 amide bonds. The summed E-state index contributed by atoms with van der Waals surface area (Å²) in [6, 6.07) is 12.8. The molecule has 0 saturated carbocycles. The smallest absolute Gasteiger partial charge is 0.295 e. The predicted molar refractivity (Wildman–Crippen MR) is 142 cm³/mol. The van der Waals surface area contributed by atoms with Gasteiger partial charge in [0.25, 0.3) is 11.7 Å². The Morgan fingerprint density at radius 2 is 1.73 bits per heavy atom. The standard InChI is InChI=1S/C30H36N2O5/c1-19-17-22-18-21(7-10-24(22)37-19)27(33)25-26(20-5-8-23(9-6-20)30(2,3)4)32(29(35)28(25)34)12-11-31-13-15-36-16-14-31/h5-10,18-19,26,33H,11-17H2,1-4H3/b27-25+. The molecule has 1 N–H and O–H groups in total. The SMILES string of the molecule is CC1Cc2cc(/C(O)=C3\C(=O)C(=O)N(CCN4CCOCC4)C3c3ccc(C(C)(C)C)cc3)ccc2O1. The van der Waals surface area contributed by atoms with Crippen LogP contribution < -0.4 is 4.74 Å². The highest BCUT2D eigenvalue weighted by Crippen LogP contribution is 2.41. The average Bonchev–Trinajstić information content (AvgIpc) is 3.37. The molecule has 0 aliphatic carbocycles. The van der Waals surface area contributed by atoms with E-state index in [-0.39, 0.29) is 22.9 Å². The van der Waals surface area contributed by atoms with Crippen molar-refractivity contribution in [3.05, 3.63) is 70.3 Å². The molecule has 37 heavy (non-hydrogen) atoms. The van der Waals surface area contributed by atoms with Crippen molar-refractivity contribution in [1.82, 2.24) is 9.80 Å². The normalized spacial score (nSPS) is 23.8. The molecule has 0 spiro atoms. The summed E-state index contributed by atoms with van der Waals surface area (Å²) >= 11 is 0. The quantitative estimate of drug-likeness (QED) is 0.376. The fourth-order valence-electron chi connectivity index (χ4n) is 5.42. The Morgan fingerprint density at radius 3 is 2.41 bits per heavy atom. The molecule has 3 aliphatic heterocycles. The van der Waals surface area contributed by atoms with Crippen molar-refractivity contribution < 1.29 is 24.2 Å². The number of aliphatic hydroxyl groups excluding tert-OH is 1. The van der Waals surface area contributed by atoms with Crippen molar-refractivity contribution in [2.45, 2.75) is 51.7 Å². The lowest BCUT2D eigenvalue weighted by Gasteiger charge is -2.31. The molecule has 2 atom stereocenters. The number of likely N-dealkylation sites (tertiary alicyclic amines) is 1. The van der Waals surface area contributed by atoms with E-state index in [1.807, 2.05) is 43.3 Å². The van der Waals surface area contributed by atoms with Crippen molar-refractivity contribution in [1.29, 1.82) is 0 Å². The Kier molecular flexibility index (Phi) is 6.86. The molecule has 2 unspecified atom stereocenters. The molecule has 7 heteroatoms. The molecule has 2 aromatic rings. The average molecular weight is 505 g/mol. The van der Waals surface area contributed by atoms with Gasteiger partial charge in [-0.05, 0) is 47.2 Å². The highest BCUT2D eigenvalue weighted by atomic mass is 16.5. The second kappa shape index (κ2) is 9.95. The summed E-state index contributed by atoms with van der Waals surface area (Å²) in [6.45, 7) is 12.4. The molecule has 0 bridgehead atoms. The van der Waals surface area contributed by atoms with Crippen LogP contribution in [-0.4, -0.2) is 72.1 Å². The number of ether oxygens (including phenoxy) is 2. The first-order valence-electron chi connectivity index (χ1n) is 13.1. The fraction of sp³-hybridized carbons (Fsp3) is 0.467. The van der Waals surface area contributed by atoms with E-state index in [9.17, 15) is 14.7 Å². The molecular formula is C30H36N2O5. The lowest BCUT2D eigenvalue weighted by molar-refractivity contribution is -0.140. The number of aliphatic hydroxyl groups is 1. The van der Waals surface area contributed by atoms with Gasteiger partial charge in [-0.3, -0.25) is 14.5 Å². The number of amides is 1. The van der Waals surface area contributed by atoms with Gasteiger partial charge in [-0.1, -0.05) is 45.0 Å². The van der Waals surface area contributed by atoms with E-state index in [2.05, 4.69) is 25.7 Å². The third-order valence-corrected chi connectivity index (χ3v) is 7.56. The molecule has 0 aromatic heterocycles. The van der Waals surface area contributed by atoms with Crippen molar-refractivity contribution in [2.75, 3.05) is 39.4 Å². The Balaban J connectivity index is 1.54. The van der Waals surface area contributed by atoms with Crippen molar-refractivity contribution in [2.24, 2.45) is 0 Å². The van der Waals surface area contributed by atoms with E-state index in [1.54, 1.807) is 11.0 Å². The zero-order valence-electron chi connectivity index (χ0n) is 22.1. The summed E-state index contributed by atoms with van der Waals surface area (Å²) in [4.78, 5) is 30.6. The molecule has 2 fully saturated rings. The van der Waals surface area contributed by atoms with Gasteiger partial charge in [-0.2, -0.15) is 0 Å².